The van der Waals surface area contributed by atoms with Crippen LogP contribution in [-0.4, -0.2) is 18.0 Å². The van der Waals surface area contributed by atoms with Crippen molar-refractivity contribution in [1.82, 2.24) is 4.90 Å². The van der Waals surface area contributed by atoms with Gasteiger partial charge in [-0.05, 0) is 30.5 Å². The Labute approximate surface area is 92.1 Å². The van der Waals surface area contributed by atoms with Gasteiger partial charge in [-0.1, -0.05) is 25.5 Å². The lowest BCUT2D eigenvalue weighted by Crippen LogP contribution is -2.47. The number of likely N-dealkylation sites (tertiary alicyclic amines) is 1. The highest BCUT2D eigenvalue weighted by molar-refractivity contribution is 5.40. The highest BCUT2D eigenvalue weighted by Gasteiger charge is 2.29. The summed E-state index contributed by atoms with van der Waals surface area (Å²) in [5.74, 6) is 0.918. The third-order valence-electron chi connectivity index (χ3n) is 3.53. The Balaban J connectivity index is 1.97. The van der Waals surface area contributed by atoms with Crippen LogP contribution in [0.25, 0.3) is 0 Å². The number of nitrogen functional groups attached to an aromatic ring is 1. The van der Waals surface area contributed by atoms with Gasteiger partial charge in [0, 0.05) is 24.8 Å². The molecular weight excluding hydrogens is 184 g/mol. The van der Waals surface area contributed by atoms with Gasteiger partial charge in [-0.15, -0.1) is 0 Å². The van der Waals surface area contributed by atoms with Crippen LogP contribution in [0.1, 0.15) is 31.9 Å². The van der Waals surface area contributed by atoms with E-state index in [-0.39, 0.29) is 0 Å². The minimum absolute atomic E-state index is 0.536. The lowest BCUT2D eigenvalue weighted by Gasteiger charge is -2.43. The van der Waals surface area contributed by atoms with Crippen LogP contribution in [-0.2, 0) is 0 Å². The summed E-state index contributed by atoms with van der Waals surface area (Å²) < 4.78 is 0. The van der Waals surface area contributed by atoms with E-state index < -0.39 is 0 Å². The van der Waals surface area contributed by atoms with E-state index in [9.17, 15) is 0 Å². The van der Waals surface area contributed by atoms with Gasteiger partial charge in [-0.3, -0.25) is 4.90 Å². The van der Waals surface area contributed by atoms with Crippen LogP contribution in [0.15, 0.2) is 24.3 Å². The van der Waals surface area contributed by atoms with Crippen molar-refractivity contribution < 1.29 is 0 Å². The number of nitrogens with two attached hydrogens (primary N) is 1. The molecule has 0 spiro atoms. The fourth-order valence-corrected chi connectivity index (χ4v) is 2.17. The zero-order chi connectivity index (χ0) is 10.8. The highest BCUT2D eigenvalue weighted by Crippen LogP contribution is 2.29. The molecule has 1 heterocycles. The molecule has 1 aromatic carbocycles. The molecule has 2 heteroatoms. The van der Waals surface area contributed by atoms with Crippen molar-refractivity contribution in [2.24, 2.45) is 5.92 Å². The third-order valence-corrected chi connectivity index (χ3v) is 3.53. The second-order valence-corrected chi connectivity index (χ2v) is 4.57. The van der Waals surface area contributed by atoms with E-state index in [0.29, 0.717) is 6.04 Å². The predicted molar refractivity (Wildman–Crippen MR) is 64.6 cm³/mol. The second-order valence-electron chi connectivity index (χ2n) is 4.57. The van der Waals surface area contributed by atoms with Crippen molar-refractivity contribution in [3.63, 3.8) is 0 Å². The molecule has 0 aromatic heterocycles. The summed E-state index contributed by atoms with van der Waals surface area (Å²) in [6.45, 7) is 7.05. The summed E-state index contributed by atoms with van der Waals surface area (Å²) in [5.41, 5.74) is 7.90. The maximum absolute atomic E-state index is 5.68. The molecule has 1 aliphatic rings. The number of hydrogen-bond acceptors (Lipinski definition) is 2. The van der Waals surface area contributed by atoms with Crippen molar-refractivity contribution in [3.05, 3.63) is 29.8 Å². The molecule has 0 saturated carbocycles. The fourth-order valence-electron chi connectivity index (χ4n) is 2.17. The number of rotatable bonds is 3. The molecule has 1 aliphatic heterocycles. The van der Waals surface area contributed by atoms with Crippen LogP contribution in [0.5, 0.6) is 0 Å². The van der Waals surface area contributed by atoms with Crippen LogP contribution < -0.4 is 5.73 Å². The molecule has 0 amide bonds. The largest absolute Gasteiger partial charge is 0.399 e. The lowest BCUT2D eigenvalue weighted by molar-refractivity contribution is 0.0577. The Hall–Kier alpha value is -1.02. The van der Waals surface area contributed by atoms with Gasteiger partial charge < -0.3 is 5.73 Å². The van der Waals surface area contributed by atoms with Gasteiger partial charge in [-0.25, -0.2) is 0 Å². The summed E-state index contributed by atoms with van der Waals surface area (Å²) in [6, 6.07) is 8.79. The summed E-state index contributed by atoms with van der Waals surface area (Å²) in [5, 5.41) is 0. The topological polar surface area (TPSA) is 29.3 Å². The molecule has 1 fully saturated rings. The van der Waals surface area contributed by atoms with Crippen molar-refractivity contribution in [1.29, 1.82) is 0 Å². The zero-order valence-corrected chi connectivity index (χ0v) is 9.61. The Morgan fingerprint density at radius 2 is 1.93 bits per heavy atom. The van der Waals surface area contributed by atoms with E-state index >= 15 is 0 Å². The molecule has 2 nitrogen and oxygen atoms in total. The Morgan fingerprint density at radius 1 is 1.33 bits per heavy atom. The number of benzene rings is 1. The average molecular weight is 204 g/mol. The van der Waals surface area contributed by atoms with Gasteiger partial charge in [0.2, 0.25) is 0 Å². The standard InChI is InChI=1S/C13H20N2/c1-3-11-8-15(9-11)10(2)12-4-6-13(14)7-5-12/h4-7,10-11H,3,8-9,14H2,1-2H3. The quantitative estimate of drug-likeness (QED) is 0.767. The molecule has 1 saturated heterocycles. The van der Waals surface area contributed by atoms with Crippen LogP contribution in [0.4, 0.5) is 5.69 Å². The second kappa shape index (κ2) is 4.23. The van der Waals surface area contributed by atoms with Crippen molar-refractivity contribution >= 4 is 5.69 Å². The molecule has 82 valence electrons. The molecule has 0 radical (unpaired) electrons. The molecule has 2 N–H and O–H groups in total. The van der Waals surface area contributed by atoms with Crippen molar-refractivity contribution in [3.8, 4) is 0 Å². The minimum Gasteiger partial charge on any atom is -0.399 e. The Morgan fingerprint density at radius 3 is 2.47 bits per heavy atom. The summed E-state index contributed by atoms with van der Waals surface area (Å²) in [4.78, 5) is 2.53. The third kappa shape index (κ3) is 2.15. The predicted octanol–water partition coefficient (Wildman–Crippen LogP) is 2.67. The van der Waals surface area contributed by atoms with Crippen molar-refractivity contribution in [2.45, 2.75) is 26.3 Å². The summed E-state index contributed by atoms with van der Waals surface area (Å²) in [6.07, 6.45) is 1.31. The molecule has 1 aromatic rings. The molecule has 2 rings (SSSR count). The first-order valence-corrected chi connectivity index (χ1v) is 5.80. The number of hydrogen-bond donors (Lipinski definition) is 1. The van der Waals surface area contributed by atoms with E-state index in [1.165, 1.54) is 25.1 Å². The van der Waals surface area contributed by atoms with Gasteiger partial charge in [0.05, 0.1) is 0 Å². The van der Waals surface area contributed by atoms with Gasteiger partial charge in [0.15, 0.2) is 0 Å². The van der Waals surface area contributed by atoms with Crippen LogP contribution >= 0.6 is 0 Å². The summed E-state index contributed by atoms with van der Waals surface area (Å²) >= 11 is 0. The number of nitrogens with zero attached hydrogens (tertiary/aromatic N) is 1. The van der Waals surface area contributed by atoms with E-state index in [0.717, 1.165) is 11.6 Å². The molecule has 0 aliphatic carbocycles. The maximum Gasteiger partial charge on any atom is 0.0320 e. The molecular formula is C13H20N2. The summed E-state index contributed by atoms with van der Waals surface area (Å²) in [7, 11) is 0. The zero-order valence-electron chi connectivity index (χ0n) is 9.61. The fraction of sp³-hybridized carbons (Fsp3) is 0.538. The molecule has 0 bridgehead atoms. The van der Waals surface area contributed by atoms with Gasteiger partial charge in [0.25, 0.3) is 0 Å². The molecule has 1 atom stereocenters. The smallest absolute Gasteiger partial charge is 0.0320 e. The van der Waals surface area contributed by atoms with Crippen LogP contribution in [0.3, 0.4) is 0 Å². The van der Waals surface area contributed by atoms with Crippen molar-refractivity contribution in [2.75, 3.05) is 18.8 Å². The maximum atomic E-state index is 5.68. The van der Waals surface area contributed by atoms with E-state index in [4.69, 9.17) is 5.73 Å². The van der Waals surface area contributed by atoms with E-state index in [1.54, 1.807) is 0 Å². The monoisotopic (exact) mass is 204 g/mol. The van der Waals surface area contributed by atoms with Crippen LogP contribution in [0, 0.1) is 5.92 Å². The molecule has 15 heavy (non-hydrogen) atoms. The minimum atomic E-state index is 0.536. The first-order valence-electron chi connectivity index (χ1n) is 5.80. The van der Waals surface area contributed by atoms with E-state index in [1.807, 2.05) is 12.1 Å². The van der Waals surface area contributed by atoms with E-state index in [2.05, 4.69) is 30.9 Å². The first-order chi connectivity index (χ1) is 7.20. The van der Waals surface area contributed by atoms with Crippen LogP contribution in [0.2, 0.25) is 0 Å². The first kappa shape index (κ1) is 10.5. The Bertz CT molecular complexity index is 312. The Kier molecular flexibility index (Phi) is 2.96. The van der Waals surface area contributed by atoms with Gasteiger partial charge >= 0.3 is 0 Å². The normalized spacial score (nSPS) is 19.9. The van der Waals surface area contributed by atoms with Gasteiger partial charge in [-0.2, -0.15) is 0 Å². The average Bonchev–Trinajstić information content (AvgIpc) is 2.17. The lowest BCUT2D eigenvalue weighted by atomic mass is 9.93. The highest BCUT2D eigenvalue weighted by atomic mass is 15.2. The SMILES string of the molecule is CCC1CN(C(C)c2ccc(N)cc2)C1. The van der Waals surface area contributed by atoms with Gasteiger partial charge in [0.1, 0.15) is 0 Å². The number of anilines is 1. The molecule has 1 unspecified atom stereocenters.